The number of imide groups is 1. The van der Waals surface area contributed by atoms with E-state index in [-0.39, 0.29) is 11.9 Å². The van der Waals surface area contributed by atoms with Crippen LogP contribution in [0.3, 0.4) is 0 Å². The Morgan fingerprint density at radius 1 is 1.33 bits per heavy atom. The molecule has 2 heterocycles. The summed E-state index contributed by atoms with van der Waals surface area (Å²) in [7, 11) is 1.87. The highest BCUT2D eigenvalue weighted by Gasteiger charge is 2.54. The van der Waals surface area contributed by atoms with Crippen LogP contribution < -0.4 is 5.32 Å². The summed E-state index contributed by atoms with van der Waals surface area (Å²) in [6.07, 6.45) is 4.31. The smallest absolute Gasteiger partial charge is 0.304 e. The number of halogens is 1. The number of aromatic nitrogens is 2. The summed E-state index contributed by atoms with van der Waals surface area (Å²) < 4.78 is 2.73. The Kier molecular flexibility index (Phi) is 3.55. The van der Waals surface area contributed by atoms with Crippen molar-refractivity contribution in [1.29, 1.82) is 0 Å². The zero-order chi connectivity index (χ0) is 15.2. The van der Waals surface area contributed by atoms with Gasteiger partial charge in [0.25, 0.3) is 5.91 Å². The fraction of sp³-hybridized carbons (Fsp3) is 0.643. The van der Waals surface area contributed by atoms with Crippen LogP contribution in [-0.2, 0) is 24.8 Å². The van der Waals surface area contributed by atoms with Crippen molar-refractivity contribution in [3.05, 3.63) is 15.9 Å². The van der Waals surface area contributed by atoms with E-state index < -0.39 is 5.54 Å². The van der Waals surface area contributed by atoms with Crippen LogP contribution in [0.1, 0.15) is 44.0 Å². The topological polar surface area (TPSA) is 67.2 Å². The van der Waals surface area contributed by atoms with Crippen LogP contribution in [0, 0.1) is 0 Å². The van der Waals surface area contributed by atoms with Crippen molar-refractivity contribution in [3.63, 3.8) is 0 Å². The summed E-state index contributed by atoms with van der Waals surface area (Å²) in [5.74, 6) is -0.140. The molecule has 114 valence electrons. The van der Waals surface area contributed by atoms with Crippen molar-refractivity contribution in [1.82, 2.24) is 20.0 Å². The van der Waals surface area contributed by atoms with Gasteiger partial charge in [0.1, 0.15) is 5.54 Å². The van der Waals surface area contributed by atoms with Gasteiger partial charge in [-0.2, -0.15) is 5.10 Å². The standard InChI is InChI=1S/C14H19BrN4O2/c1-3-9-11(15)10(18(2)17-9)8-19-13(21)16-12(20)14(19)6-4-5-7-14/h3-8H2,1-2H3,(H,16,20,21). The lowest BCUT2D eigenvalue weighted by Gasteiger charge is -2.31. The number of nitrogens with one attached hydrogen (secondary N) is 1. The van der Waals surface area contributed by atoms with E-state index in [9.17, 15) is 9.59 Å². The third kappa shape index (κ3) is 2.09. The summed E-state index contributed by atoms with van der Waals surface area (Å²) in [5, 5.41) is 6.94. The van der Waals surface area contributed by atoms with Gasteiger partial charge in [-0.05, 0) is 35.2 Å². The number of carbonyl (C=O) groups excluding carboxylic acids is 2. The number of nitrogens with zero attached hydrogens (tertiary/aromatic N) is 3. The fourth-order valence-electron chi connectivity index (χ4n) is 3.42. The number of hydrogen-bond donors (Lipinski definition) is 1. The number of rotatable bonds is 3. The molecule has 1 aliphatic heterocycles. The van der Waals surface area contributed by atoms with E-state index in [4.69, 9.17) is 0 Å². The van der Waals surface area contributed by atoms with E-state index in [2.05, 4.69) is 26.3 Å². The van der Waals surface area contributed by atoms with Crippen LogP contribution in [0.5, 0.6) is 0 Å². The maximum Gasteiger partial charge on any atom is 0.325 e. The normalized spacial score (nSPS) is 20.6. The Labute approximate surface area is 132 Å². The summed E-state index contributed by atoms with van der Waals surface area (Å²) in [6, 6.07) is -0.284. The van der Waals surface area contributed by atoms with Crippen molar-refractivity contribution >= 4 is 27.9 Å². The highest BCUT2D eigenvalue weighted by Crippen LogP contribution is 2.40. The molecule has 7 heteroatoms. The minimum absolute atomic E-state index is 0.140. The zero-order valence-corrected chi connectivity index (χ0v) is 13.9. The summed E-state index contributed by atoms with van der Waals surface area (Å²) >= 11 is 3.57. The Morgan fingerprint density at radius 2 is 2.00 bits per heavy atom. The molecular weight excluding hydrogens is 336 g/mol. The van der Waals surface area contributed by atoms with Crippen LogP contribution >= 0.6 is 15.9 Å². The van der Waals surface area contributed by atoms with Crippen molar-refractivity contribution in [3.8, 4) is 0 Å². The van der Waals surface area contributed by atoms with Crippen molar-refractivity contribution < 1.29 is 9.59 Å². The zero-order valence-electron chi connectivity index (χ0n) is 12.3. The van der Waals surface area contributed by atoms with Gasteiger partial charge < -0.3 is 4.90 Å². The van der Waals surface area contributed by atoms with E-state index in [0.717, 1.165) is 48.0 Å². The maximum atomic E-state index is 12.2. The number of hydrogen-bond acceptors (Lipinski definition) is 3. The molecule has 0 atom stereocenters. The molecule has 1 aliphatic carbocycles. The van der Waals surface area contributed by atoms with Crippen molar-refractivity contribution in [2.75, 3.05) is 0 Å². The molecule has 0 radical (unpaired) electrons. The average molecular weight is 355 g/mol. The van der Waals surface area contributed by atoms with Gasteiger partial charge in [0.15, 0.2) is 0 Å². The Bertz CT molecular complexity index is 604. The second-order valence-corrected chi connectivity index (χ2v) is 6.56. The van der Waals surface area contributed by atoms with Gasteiger partial charge in [0.2, 0.25) is 0 Å². The predicted molar refractivity (Wildman–Crippen MR) is 80.6 cm³/mol. The lowest BCUT2D eigenvalue weighted by Crippen LogP contribution is -2.47. The minimum Gasteiger partial charge on any atom is -0.304 e. The average Bonchev–Trinajstić information content (AvgIpc) is 3.09. The molecule has 1 spiro atoms. The summed E-state index contributed by atoms with van der Waals surface area (Å²) in [6.45, 7) is 2.45. The molecule has 3 amide bonds. The highest BCUT2D eigenvalue weighted by molar-refractivity contribution is 9.10. The molecule has 1 N–H and O–H groups in total. The fourth-order valence-corrected chi connectivity index (χ4v) is 4.16. The molecule has 0 unspecified atom stereocenters. The largest absolute Gasteiger partial charge is 0.325 e. The number of urea groups is 1. The SMILES string of the molecule is CCc1nn(C)c(CN2C(=O)NC(=O)C23CCCC3)c1Br. The molecule has 2 aliphatic rings. The van der Waals surface area contributed by atoms with Crippen LogP contribution in [-0.4, -0.2) is 32.2 Å². The van der Waals surface area contributed by atoms with Crippen molar-refractivity contribution in [2.24, 2.45) is 7.05 Å². The van der Waals surface area contributed by atoms with Gasteiger partial charge >= 0.3 is 6.03 Å². The highest BCUT2D eigenvalue weighted by atomic mass is 79.9. The number of carbonyl (C=O) groups is 2. The first-order valence-electron chi connectivity index (χ1n) is 7.33. The van der Waals surface area contributed by atoms with E-state index in [1.807, 2.05) is 14.0 Å². The molecule has 21 heavy (non-hydrogen) atoms. The predicted octanol–water partition coefficient (Wildman–Crippen LogP) is 2.11. The third-order valence-corrected chi connectivity index (χ3v) is 5.56. The van der Waals surface area contributed by atoms with Crippen LogP contribution in [0.4, 0.5) is 4.79 Å². The molecule has 1 saturated carbocycles. The van der Waals surface area contributed by atoms with E-state index >= 15 is 0 Å². The second kappa shape index (κ2) is 5.12. The van der Waals surface area contributed by atoms with Gasteiger partial charge in [-0.3, -0.25) is 14.8 Å². The quantitative estimate of drug-likeness (QED) is 0.845. The molecule has 1 aromatic heterocycles. The summed E-state index contributed by atoms with van der Waals surface area (Å²) in [5.41, 5.74) is 1.26. The first kappa shape index (κ1) is 14.6. The second-order valence-electron chi connectivity index (χ2n) is 5.77. The summed E-state index contributed by atoms with van der Waals surface area (Å²) in [4.78, 5) is 26.1. The molecule has 3 rings (SSSR count). The van der Waals surface area contributed by atoms with Gasteiger partial charge in [-0.15, -0.1) is 0 Å². The van der Waals surface area contributed by atoms with E-state index in [1.165, 1.54) is 0 Å². The number of aryl methyl sites for hydroxylation is 2. The molecule has 1 saturated heterocycles. The van der Waals surface area contributed by atoms with Crippen LogP contribution in [0.25, 0.3) is 0 Å². The minimum atomic E-state index is -0.646. The Hall–Kier alpha value is -1.37. The van der Waals surface area contributed by atoms with Gasteiger partial charge in [-0.25, -0.2) is 4.79 Å². The maximum absolute atomic E-state index is 12.2. The lowest BCUT2D eigenvalue weighted by molar-refractivity contribution is -0.126. The molecule has 0 bridgehead atoms. The van der Waals surface area contributed by atoms with E-state index in [1.54, 1.807) is 9.58 Å². The third-order valence-electron chi connectivity index (χ3n) is 4.65. The molecule has 1 aromatic rings. The van der Waals surface area contributed by atoms with Gasteiger partial charge in [0.05, 0.1) is 22.4 Å². The molecule has 0 aromatic carbocycles. The van der Waals surface area contributed by atoms with Crippen LogP contribution in [0.15, 0.2) is 4.47 Å². The first-order valence-corrected chi connectivity index (χ1v) is 8.12. The van der Waals surface area contributed by atoms with Crippen molar-refractivity contribution in [2.45, 2.75) is 51.1 Å². The van der Waals surface area contributed by atoms with Gasteiger partial charge in [-0.1, -0.05) is 19.8 Å². The monoisotopic (exact) mass is 354 g/mol. The van der Waals surface area contributed by atoms with Gasteiger partial charge in [0, 0.05) is 7.05 Å². The van der Waals surface area contributed by atoms with E-state index in [0.29, 0.717) is 6.54 Å². The lowest BCUT2D eigenvalue weighted by atomic mass is 9.96. The molecular formula is C14H19BrN4O2. The van der Waals surface area contributed by atoms with Crippen LogP contribution in [0.2, 0.25) is 0 Å². The first-order chi connectivity index (χ1) is 9.99. The number of amides is 3. The Morgan fingerprint density at radius 3 is 2.57 bits per heavy atom. The molecule has 2 fully saturated rings. The molecule has 6 nitrogen and oxygen atoms in total. The Balaban J connectivity index is 1.95.